The molecule has 162 valence electrons. The summed E-state index contributed by atoms with van der Waals surface area (Å²) < 4.78 is 0. The number of thiazole rings is 1. The summed E-state index contributed by atoms with van der Waals surface area (Å²) in [4.78, 5) is 36.3. The second-order valence-corrected chi connectivity index (χ2v) is 9.62. The molecule has 0 bridgehead atoms. The molecule has 0 aliphatic heterocycles. The van der Waals surface area contributed by atoms with Crippen molar-refractivity contribution >= 4 is 39.6 Å². The van der Waals surface area contributed by atoms with E-state index in [9.17, 15) is 9.59 Å². The van der Waals surface area contributed by atoms with Crippen molar-refractivity contribution in [2.45, 2.75) is 27.3 Å². The number of anilines is 1. The molecule has 0 aliphatic carbocycles. The summed E-state index contributed by atoms with van der Waals surface area (Å²) in [6, 6.07) is 17.5. The first kappa shape index (κ1) is 21.9. The van der Waals surface area contributed by atoms with E-state index in [1.54, 1.807) is 17.4 Å². The van der Waals surface area contributed by atoms with Gasteiger partial charge in [0.05, 0.1) is 34.1 Å². The van der Waals surface area contributed by atoms with Gasteiger partial charge in [-0.25, -0.2) is 4.98 Å². The minimum Gasteiger partial charge on any atom is -0.351 e. The number of nitrogens with one attached hydrogen (secondary N) is 2. The Kier molecular flexibility index (Phi) is 6.43. The van der Waals surface area contributed by atoms with Gasteiger partial charge < -0.3 is 5.32 Å². The molecule has 0 atom stereocenters. The molecular formula is C24H22N4O2S2. The SMILES string of the molecule is CC(=O)NCc1ccc(-c2nc(NC(=O)c3ccc(-c4ccccc4)nc3C)sc2C)s1. The topological polar surface area (TPSA) is 84.0 Å². The molecule has 8 heteroatoms. The number of pyridine rings is 1. The maximum atomic E-state index is 12.9. The van der Waals surface area contributed by atoms with Crippen LogP contribution in [0.2, 0.25) is 0 Å². The highest BCUT2D eigenvalue weighted by atomic mass is 32.1. The van der Waals surface area contributed by atoms with Gasteiger partial charge in [-0.05, 0) is 38.1 Å². The van der Waals surface area contributed by atoms with Crippen molar-refractivity contribution in [1.82, 2.24) is 15.3 Å². The first-order chi connectivity index (χ1) is 15.4. The molecular weight excluding hydrogens is 440 g/mol. The molecule has 4 aromatic rings. The number of carbonyl (C=O) groups is 2. The van der Waals surface area contributed by atoms with Crippen molar-refractivity contribution in [2.24, 2.45) is 0 Å². The zero-order valence-corrected chi connectivity index (χ0v) is 19.6. The lowest BCUT2D eigenvalue weighted by atomic mass is 10.1. The number of benzene rings is 1. The number of hydrogen-bond donors (Lipinski definition) is 2. The third-order valence-electron chi connectivity index (χ3n) is 4.82. The van der Waals surface area contributed by atoms with Crippen LogP contribution in [0.1, 0.15) is 32.7 Å². The highest BCUT2D eigenvalue weighted by Gasteiger charge is 2.17. The summed E-state index contributed by atoms with van der Waals surface area (Å²) in [6.07, 6.45) is 0. The zero-order chi connectivity index (χ0) is 22.7. The van der Waals surface area contributed by atoms with Gasteiger partial charge in [0.25, 0.3) is 5.91 Å². The fraction of sp³-hybridized carbons (Fsp3) is 0.167. The van der Waals surface area contributed by atoms with Crippen LogP contribution in [0.25, 0.3) is 21.8 Å². The third kappa shape index (κ3) is 4.92. The molecule has 0 spiro atoms. The standard InChI is InChI=1S/C24H22N4O2S2/c1-14-19(10-11-20(26-14)17-7-5-4-6-8-17)23(30)28-24-27-22(15(2)31-24)21-12-9-18(32-21)13-25-16(3)29/h4-12H,13H2,1-3H3,(H,25,29)(H,27,28,30). The van der Waals surface area contributed by atoms with E-state index in [1.807, 2.05) is 62.4 Å². The Balaban J connectivity index is 1.49. The molecule has 3 aromatic heterocycles. The number of aryl methyl sites for hydroxylation is 2. The molecule has 4 rings (SSSR count). The lowest BCUT2D eigenvalue weighted by Gasteiger charge is -2.07. The Labute approximate surface area is 194 Å². The molecule has 2 N–H and O–H groups in total. The van der Waals surface area contributed by atoms with Gasteiger partial charge in [0.15, 0.2) is 5.13 Å². The first-order valence-corrected chi connectivity index (χ1v) is 11.7. The lowest BCUT2D eigenvalue weighted by Crippen LogP contribution is -2.17. The second-order valence-electron chi connectivity index (χ2n) is 7.25. The molecule has 6 nitrogen and oxygen atoms in total. The Hall–Kier alpha value is -3.36. The maximum absolute atomic E-state index is 12.9. The number of aromatic nitrogens is 2. The van der Waals surface area contributed by atoms with Crippen molar-refractivity contribution < 1.29 is 9.59 Å². The van der Waals surface area contributed by atoms with E-state index in [0.717, 1.165) is 31.6 Å². The van der Waals surface area contributed by atoms with E-state index in [2.05, 4.69) is 20.6 Å². The monoisotopic (exact) mass is 462 g/mol. The molecule has 0 radical (unpaired) electrons. The smallest absolute Gasteiger partial charge is 0.259 e. The van der Waals surface area contributed by atoms with Crippen molar-refractivity contribution in [1.29, 1.82) is 0 Å². The largest absolute Gasteiger partial charge is 0.351 e. The number of rotatable bonds is 6. The Morgan fingerprint density at radius 2 is 1.72 bits per heavy atom. The van der Waals surface area contributed by atoms with Gasteiger partial charge in [0, 0.05) is 22.2 Å². The van der Waals surface area contributed by atoms with E-state index < -0.39 is 0 Å². The summed E-state index contributed by atoms with van der Waals surface area (Å²) in [5.41, 5.74) is 3.88. The molecule has 0 unspecified atom stereocenters. The van der Waals surface area contributed by atoms with Crippen LogP contribution in [0.15, 0.2) is 54.6 Å². The fourth-order valence-corrected chi connectivity index (χ4v) is 5.11. The van der Waals surface area contributed by atoms with E-state index in [0.29, 0.717) is 22.9 Å². The maximum Gasteiger partial charge on any atom is 0.259 e. The van der Waals surface area contributed by atoms with Gasteiger partial charge >= 0.3 is 0 Å². The van der Waals surface area contributed by atoms with Crippen LogP contribution in [0.3, 0.4) is 0 Å². The Morgan fingerprint density at radius 1 is 0.938 bits per heavy atom. The summed E-state index contributed by atoms with van der Waals surface area (Å²) in [5, 5.41) is 6.26. The predicted molar refractivity (Wildman–Crippen MR) is 130 cm³/mol. The van der Waals surface area contributed by atoms with E-state index in [-0.39, 0.29) is 11.8 Å². The highest BCUT2D eigenvalue weighted by Crippen LogP contribution is 2.35. The summed E-state index contributed by atoms with van der Waals surface area (Å²) in [6.45, 7) is 5.82. The minimum atomic E-state index is -0.229. The van der Waals surface area contributed by atoms with Crippen molar-refractivity contribution in [2.75, 3.05) is 5.32 Å². The van der Waals surface area contributed by atoms with Gasteiger partial charge in [-0.1, -0.05) is 30.3 Å². The molecule has 0 saturated carbocycles. The average Bonchev–Trinajstić information content (AvgIpc) is 3.38. The van der Waals surface area contributed by atoms with E-state index >= 15 is 0 Å². The van der Waals surface area contributed by atoms with Crippen LogP contribution in [-0.2, 0) is 11.3 Å². The van der Waals surface area contributed by atoms with Crippen LogP contribution in [0.5, 0.6) is 0 Å². The van der Waals surface area contributed by atoms with Gasteiger partial charge in [-0.3, -0.25) is 19.9 Å². The van der Waals surface area contributed by atoms with Gasteiger partial charge in [-0.2, -0.15) is 0 Å². The molecule has 0 aliphatic rings. The molecule has 1 aromatic carbocycles. The van der Waals surface area contributed by atoms with Crippen molar-refractivity contribution in [3.05, 3.63) is 75.6 Å². The Morgan fingerprint density at radius 3 is 2.44 bits per heavy atom. The molecule has 3 heterocycles. The molecule has 0 saturated heterocycles. The number of hydrogen-bond acceptors (Lipinski definition) is 6. The fourth-order valence-electron chi connectivity index (χ4n) is 3.23. The zero-order valence-electron chi connectivity index (χ0n) is 17.9. The van der Waals surface area contributed by atoms with Gasteiger partial charge in [0.1, 0.15) is 0 Å². The number of amides is 2. The molecule has 2 amide bonds. The van der Waals surface area contributed by atoms with Crippen LogP contribution in [0.4, 0.5) is 5.13 Å². The Bertz CT molecular complexity index is 1280. The molecule has 0 fully saturated rings. The highest BCUT2D eigenvalue weighted by molar-refractivity contribution is 7.18. The number of nitrogens with zero attached hydrogens (tertiary/aromatic N) is 2. The van der Waals surface area contributed by atoms with Crippen molar-refractivity contribution in [3.8, 4) is 21.8 Å². The summed E-state index contributed by atoms with van der Waals surface area (Å²) >= 11 is 3.02. The normalized spacial score (nSPS) is 10.7. The summed E-state index contributed by atoms with van der Waals surface area (Å²) in [7, 11) is 0. The number of thiophene rings is 1. The van der Waals surface area contributed by atoms with Crippen LogP contribution >= 0.6 is 22.7 Å². The van der Waals surface area contributed by atoms with Gasteiger partial charge in [-0.15, -0.1) is 22.7 Å². The average molecular weight is 463 g/mol. The van der Waals surface area contributed by atoms with Crippen LogP contribution < -0.4 is 10.6 Å². The van der Waals surface area contributed by atoms with Crippen LogP contribution in [0, 0.1) is 13.8 Å². The quantitative estimate of drug-likeness (QED) is 0.400. The van der Waals surface area contributed by atoms with Gasteiger partial charge in [0.2, 0.25) is 5.91 Å². The lowest BCUT2D eigenvalue weighted by molar-refractivity contribution is -0.119. The minimum absolute atomic E-state index is 0.0589. The third-order valence-corrected chi connectivity index (χ3v) is 6.80. The first-order valence-electron chi connectivity index (χ1n) is 10.1. The molecule has 32 heavy (non-hydrogen) atoms. The van der Waals surface area contributed by atoms with Crippen LogP contribution in [-0.4, -0.2) is 21.8 Å². The second kappa shape index (κ2) is 9.42. The van der Waals surface area contributed by atoms with Crippen molar-refractivity contribution in [3.63, 3.8) is 0 Å². The number of carbonyl (C=O) groups excluding carboxylic acids is 2. The summed E-state index contributed by atoms with van der Waals surface area (Å²) in [5.74, 6) is -0.288. The van der Waals surface area contributed by atoms with E-state index in [1.165, 1.54) is 18.3 Å². The predicted octanol–water partition coefficient (Wildman–Crippen LogP) is 5.44. The van der Waals surface area contributed by atoms with E-state index in [4.69, 9.17) is 0 Å².